The number of anilines is 1. The van der Waals surface area contributed by atoms with Crippen molar-refractivity contribution >= 4 is 17.5 Å². The van der Waals surface area contributed by atoms with Crippen LogP contribution in [-0.4, -0.2) is 24.9 Å². The van der Waals surface area contributed by atoms with Gasteiger partial charge in [0.05, 0.1) is 0 Å². The standard InChI is InChI=1S/C22H26N2O2/c1-3-16(17-8-6-5-7-9-17)15-23-22(26)19-10-11-20-18(14-19)12-13-24(20)21(25)4-2/h5-11,14,16H,3-4,12-13,15H2,1-2H3,(H,23,26). The molecule has 26 heavy (non-hydrogen) atoms. The van der Waals surface area contributed by atoms with Gasteiger partial charge in [0.15, 0.2) is 0 Å². The molecule has 3 rings (SSSR count). The van der Waals surface area contributed by atoms with Crippen LogP contribution in [-0.2, 0) is 11.2 Å². The van der Waals surface area contributed by atoms with Crippen molar-refractivity contribution in [1.29, 1.82) is 0 Å². The van der Waals surface area contributed by atoms with Crippen molar-refractivity contribution in [2.24, 2.45) is 0 Å². The minimum Gasteiger partial charge on any atom is -0.351 e. The summed E-state index contributed by atoms with van der Waals surface area (Å²) in [5.74, 6) is 0.393. The first-order valence-corrected chi connectivity index (χ1v) is 9.40. The normalized spacial score (nSPS) is 14.0. The molecule has 1 N–H and O–H groups in total. The van der Waals surface area contributed by atoms with E-state index in [1.165, 1.54) is 5.56 Å². The molecule has 2 aromatic rings. The Kier molecular flexibility index (Phi) is 5.71. The Bertz CT molecular complexity index is 786. The van der Waals surface area contributed by atoms with Crippen LogP contribution in [0.4, 0.5) is 5.69 Å². The fourth-order valence-electron chi connectivity index (χ4n) is 3.53. The van der Waals surface area contributed by atoms with Crippen LogP contribution in [0, 0.1) is 0 Å². The molecule has 2 aromatic carbocycles. The summed E-state index contributed by atoms with van der Waals surface area (Å²) in [5, 5.41) is 3.07. The first kappa shape index (κ1) is 18.2. The van der Waals surface area contributed by atoms with E-state index in [9.17, 15) is 9.59 Å². The second-order valence-electron chi connectivity index (χ2n) is 6.72. The number of carbonyl (C=O) groups excluding carboxylic acids is 2. The Morgan fingerprint density at radius 2 is 1.88 bits per heavy atom. The third-order valence-electron chi connectivity index (χ3n) is 5.11. The second-order valence-corrected chi connectivity index (χ2v) is 6.72. The van der Waals surface area contributed by atoms with Gasteiger partial charge in [0.1, 0.15) is 0 Å². The smallest absolute Gasteiger partial charge is 0.251 e. The summed E-state index contributed by atoms with van der Waals surface area (Å²) in [4.78, 5) is 26.4. The van der Waals surface area contributed by atoms with Crippen LogP contribution in [0.1, 0.15) is 54.1 Å². The molecule has 0 saturated heterocycles. The van der Waals surface area contributed by atoms with Crippen molar-refractivity contribution in [1.82, 2.24) is 5.32 Å². The average molecular weight is 350 g/mol. The first-order chi connectivity index (χ1) is 12.6. The van der Waals surface area contributed by atoms with E-state index in [2.05, 4.69) is 24.4 Å². The number of fused-ring (bicyclic) bond motifs is 1. The Labute approximate surface area is 155 Å². The number of carbonyl (C=O) groups is 2. The molecule has 2 amide bonds. The SMILES string of the molecule is CCC(=O)N1CCc2cc(C(=O)NCC(CC)c3ccccc3)ccc21. The minimum atomic E-state index is -0.0533. The number of hydrogen-bond donors (Lipinski definition) is 1. The molecule has 4 heteroatoms. The van der Waals surface area contributed by atoms with Gasteiger partial charge in [0.2, 0.25) is 5.91 Å². The number of amides is 2. The summed E-state index contributed by atoms with van der Waals surface area (Å²) in [6.07, 6.45) is 2.28. The lowest BCUT2D eigenvalue weighted by Crippen LogP contribution is -2.29. The van der Waals surface area contributed by atoms with Crippen molar-refractivity contribution in [3.63, 3.8) is 0 Å². The van der Waals surface area contributed by atoms with Gasteiger partial charge in [-0.1, -0.05) is 44.2 Å². The molecule has 4 nitrogen and oxygen atoms in total. The van der Waals surface area contributed by atoms with Crippen molar-refractivity contribution in [3.05, 3.63) is 65.2 Å². The van der Waals surface area contributed by atoms with Crippen molar-refractivity contribution in [2.75, 3.05) is 18.0 Å². The van der Waals surface area contributed by atoms with E-state index < -0.39 is 0 Å². The third-order valence-corrected chi connectivity index (χ3v) is 5.11. The average Bonchev–Trinajstić information content (AvgIpc) is 3.11. The van der Waals surface area contributed by atoms with E-state index in [4.69, 9.17) is 0 Å². The van der Waals surface area contributed by atoms with Gasteiger partial charge in [-0.3, -0.25) is 9.59 Å². The lowest BCUT2D eigenvalue weighted by atomic mass is 9.96. The van der Waals surface area contributed by atoms with Crippen LogP contribution in [0.2, 0.25) is 0 Å². The van der Waals surface area contributed by atoms with Crippen LogP contribution in [0.25, 0.3) is 0 Å². The van der Waals surface area contributed by atoms with Gasteiger partial charge < -0.3 is 10.2 Å². The van der Waals surface area contributed by atoms with E-state index in [1.54, 1.807) is 0 Å². The van der Waals surface area contributed by atoms with Crippen LogP contribution in [0.3, 0.4) is 0 Å². The van der Waals surface area contributed by atoms with Gasteiger partial charge in [-0.15, -0.1) is 0 Å². The monoisotopic (exact) mass is 350 g/mol. The molecular weight excluding hydrogens is 324 g/mol. The van der Waals surface area contributed by atoms with Crippen molar-refractivity contribution in [2.45, 2.75) is 39.0 Å². The van der Waals surface area contributed by atoms with Gasteiger partial charge in [-0.05, 0) is 42.2 Å². The van der Waals surface area contributed by atoms with Crippen LogP contribution in [0.15, 0.2) is 48.5 Å². The Morgan fingerprint density at radius 1 is 1.12 bits per heavy atom. The molecule has 0 bridgehead atoms. The summed E-state index contributed by atoms with van der Waals surface area (Å²) in [6.45, 7) is 5.34. The predicted molar refractivity (Wildman–Crippen MR) is 105 cm³/mol. The number of hydrogen-bond acceptors (Lipinski definition) is 2. The van der Waals surface area contributed by atoms with E-state index in [0.717, 1.165) is 24.1 Å². The zero-order chi connectivity index (χ0) is 18.5. The minimum absolute atomic E-state index is 0.0533. The molecule has 0 spiro atoms. The molecule has 0 aromatic heterocycles. The molecule has 0 radical (unpaired) electrons. The molecule has 1 atom stereocenters. The summed E-state index contributed by atoms with van der Waals surface area (Å²) in [7, 11) is 0. The topological polar surface area (TPSA) is 49.4 Å². The zero-order valence-electron chi connectivity index (χ0n) is 15.5. The van der Waals surface area contributed by atoms with E-state index >= 15 is 0 Å². The zero-order valence-corrected chi connectivity index (χ0v) is 15.5. The first-order valence-electron chi connectivity index (χ1n) is 9.40. The number of nitrogens with zero attached hydrogens (tertiary/aromatic N) is 1. The van der Waals surface area contributed by atoms with E-state index in [0.29, 0.717) is 31.0 Å². The molecule has 1 heterocycles. The van der Waals surface area contributed by atoms with Crippen LogP contribution < -0.4 is 10.2 Å². The molecule has 0 aliphatic carbocycles. The van der Waals surface area contributed by atoms with Gasteiger partial charge in [-0.25, -0.2) is 0 Å². The highest BCUT2D eigenvalue weighted by molar-refractivity contribution is 5.98. The maximum atomic E-state index is 12.6. The summed E-state index contributed by atoms with van der Waals surface area (Å²) in [5.41, 5.74) is 3.94. The Hall–Kier alpha value is -2.62. The lowest BCUT2D eigenvalue weighted by molar-refractivity contribution is -0.118. The summed E-state index contributed by atoms with van der Waals surface area (Å²) >= 11 is 0. The molecule has 0 saturated carbocycles. The van der Waals surface area contributed by atoms with Gasteiger partial charge in [-0.2, -0.15) is 0 Å². The van der Waals surface area contributed by atoms with Gasteiger partial charge in [0, 0.05) is 36.7 Å². The van der Waals surface area contributed by atoms with E-state index in [1.807, 2.05) is 48.2 Å². The highest BCUT2D eigenvalue weighted by atomic mass is 16.2. The fraction of sp³-hybridized carbons (Fsp3) is 0.364. The number of nitrogens with one attached hydrogen (secondary N) is 1. The Balaban J connectivity index is 1.67. The molecular formula is C22H26N2O2. The molecule has 1 aliphatic heterocycles. The summed E-state index contributed by atoms with van der Waals surface area (Å²) in [6, 6.07) is 15.9. The quantitative estimate of drug-likeness (QED) is 0.859. The molecule has 136 valence electrons. The maximum Gasteiger partial charge on any atom is 0.251 e. The fourth-order valence-corrected chi connectivity index (χ4v) is 3.53. The molecule has 1 aliphatic rings. The summed E-state index contributed by atoms with van der Waals surface area (Å²) < 4.78 is 0. The highest BCUT2D eigenvalue weighted by Crippen LogP contribution is 2.29. The van der Waals surface area contributed by atoms with E-state index in [-0.39, 0.29) is 11.8 Å². The largest absolute Gasteiger partial charge is 0.351 e. The molecule has 1 unspecified atom stereocenters. The highest BCUT2D eigenvalue weighted by Gasteiger charge is 2.24. The predicted octanol–water partition coefficient (Wildman–Crippen LogP) is 3.91. The van der Waals surface area contributed by atoms with Gasteiger partial charge in [0.25, 0.3) is 5.91 Å². The van der Waals surface area contributed by atoms with Gasteiger partial charge >= 0.3 is 0 Å². The van der Waals surface area contributed by atoms with Crippen molar-refractivity contribution in [3.8, 4) is 0 Å². The second kappa shape index (κ2) is 8.17. The lowest BCUT2D eigenvalue weighted by Gasteiger charge is -2.17. The third kappa shape index (κ3) is 3.79. The van der Waals surface area contributed by atoms with Crippen molar-refractivity contribution < 1.29 is 9.59 Å². The molecule has 0 fully saturated rings. The Morgan fingerprint density at radius 3 is 2.58 bits per heavy atom. The van der Waals surface area contributed by atoms with Crippen LogP contribution in [0.5, 0.6) is 0 Å². The number of benzene rings is 2. The van der Waals surface area contributed by atoms with Crippen LogP contribution >= 0.6 is 0 Å². The maximum absolute atomic E-state index is 12.6. The number of rotatable bonds is 6.